The zero-order valence-electron chi connectivity index (χ0n) is 14.2. The highest BCUT2D eigenvalue weighted by atomic mass is 16.5. The minimum atomic E-state index is -0.507. The smallest absolute Gasteiger partial charge is 0.338 e. The van der Waals surface area contributed by atoms with Crippen molar-refractivity contribution in [3.8, 4) is 16.9 Å². The first-order valence-corrected chi connectivity index (χ1v) is 7.97. The summed E-state index contributed by atoms with van der Waals surface area (Å²) in [4.78, 5) is 37.0. The Labute approximate surface area is 149 Å². The lowest BCUT2D eigenvalue weighted by Gasteiger charge is -2.23. The molecule has 26 heavy (non-hydrogen) atoms. The average molecular weight is 346 g/mol. The highest BCUT2D eigenvalue weighted by Gasteiger charge is 2.32. The molecule has 0 aliphatic heterocycles. The Morgan fingerprint density at radius 1 is 0.962 bits per heavy atom. The number of aldehydes is 1. The van der Waals surface area contributed by atoms with Crippen LogP contribution in [0.3, 0.4) is 0 Å². The number of rotatable bonds is 3. The number of fused-ring (bicyclic) bond motifs is 2. The van der Waals surface area contributed by atoms with Crippen molar-refractivity contribution in [2.75, 3.05) is 14.2 Å². The van der Waals surface area contributed by atoms with E-state index in [2.05, 4.69) is 0 Å². The van der Waals surface area contributed by atoms with Gasteiger partial charge in [-0.2, -0.15) is 0 Å². The molecule has 0 saturated heterocycles. The Bertz CT molecular complexity index is 1110. The second-order valence-corrected chi connectivity index (χ2v) is 5.93. The number of methoxy groups -OCH3 is 2. The SMILES string of the molecule is COC(=O)c1ccc2c(C=O)ccc3c2c1-c1cccc(OC)c1C3=O. The normalized spacial score (nSPS) is 11.8. The predicted molar refractivity (Wildman–Crippen MR) is 96.1 cm³/mol. The lowest BCUT2D eigenvalue weighted by molar-refractivity contribution is 0.0601. The molecule has 0 heterocycles. The molecule has 0 aromatic heterocycles. The van der Waals surface area contributed by atoms with Gasteiger partial charge in [0.25, 0.3) is 0 Å². The number of carbonyl (C=O) groups excluding carboxylic acids is 3. The lowest BCUT2D eigenvalue weighted by atomic mass is 9.79. The van der Waals surface area contributed by atoms with E-state index in [1.807, 2.05) is 0 Å². The van der Waals surface area contributed by atoms with E-state index in [0.29, 0.717) is 49.9 Å². The van der Waals surface area contributed by atoms with Crippen LogP contribution < -0.4 is 4.74 Å². The van der Waals surface area contributed by atoms with Crippen molar-refractivity contribution in [3.05, 3.63) is 64.7 Å². The van der Waals surface area contributed by atoms with Crippen LogP contribution in [0.1, 0.15) is 36.6 Å². The summed E-state index contributed by atoms with van der Waals surface area (Å²) < 4.78 is 10.3. The molecule has 1 aliphatic carbocycles. The van der Waals surface area contributed by atoms with Gasteiger partial charge >= 0.3 is 5.97 Å². The van der Waals surface area contributed by atoms with Gasteiger partial charge in [0.1, 0.15) is 5.75 Å². The summed E-state index contributed by atoms with van der Waals surface area (Å²) >= 11 is 0. The minimum absolute atomic E-state index is 0.200. The number of hydrogen-bond acceptors (Lipinski definition) is 5. The molecule has 0 spiro atoms. The van der Waals surface area contributed by atoms with Crippen LogP contribution in [0.2, 0.25) is 0 Å². The van der Waals surface area contributed by atoms with Gasteiger partial charge in [0.05, 0.1) is 25.3 Å². The fourth-order valence-corrected chi connectivity index (χ4v) is 3.60. The fraction of sp³-hybridized carbons (Fsp3) is 0.0952. The molecule has 5 nitrogen and oxygen atoms in total. The summed E-state index contributed by atoms with van der Waals surface area (Å²) in [6, 6.07) is 11.8. The summed E-state index contributed by atoms with van der Waals surface area (Å²) in [5, 5.41) is 1.21. The van der Waals surface area contributed by atoms with Crippen LogP contribution >= 0.6 is 0 Å². The van der Waals surface area contributed by atoms with Gasteiger partial charge in [0.2, 0.25) is 0 Å². The maximum atomic E-state index is 13.1. The summed E-state index contributed by atoms with van der Waals surface area (Å²) in [5.74, 6) is -0.271. The molecule has 4 rings (SSSR count). The lowest BCUT2D eigenvalue weighted by Crippen LogP contribution is -2.15. The number of hydrogen-bond donors (Lipinski definition) is 0. The van der Waals surface area contributed by atoms with E-state index >= 15 is 0 Å². The molecule has 0 bridgehead atoms. The Morgan fingerprint density at radius 3 is 2.46 bits per heavy atom. The van der Waals surface area contributed by atoms with Crippen molar-refractivity contribution < 1.29 is 23.9 Å². The molecule has 0 atom stereocenters. The minimum Gasteiger partial charge on any atom is -0.496 e. The van der Waals surface area contributed by atoms with Crippen molar-refractivity contribution in [3.63, 3.8) is 0 Å². The summed E-state index contributed by atoms with van der Waals surface area (Å²) in [6.45, 7) is 0. The van der Waals surface area contributed by atoms with Crippen molar-refractivity contribution in [2.45, 2.75) is 0 Å². The molecule has 0 N–H and O–H groups in total. The van der Waals surface area contributed by atoms with Gasteiger partial charge in [0.15, 0.2) is 12.1 Å². The largest absolute Gasteiger partial charge is 0.496 e. The topological polar surface area (TPSA) is 69.7 Å². The van der Waals surface area contributed by atoms with E-state index in [1.54, 1.807) is 42.5 Å². The van der Waals surface area contributed by atoms with E-state index in [4.69, 9.17) is 9.47 Å². The zero-order valence-corrected chi connectivity index (χ0v) is 14.2. The first-order chi connectivity index (χ1) is 12.6. The predicted octanol–water partition coefficient (Wildman–Crippen LogP) is 3.66. The van der Waals surface area contributed by atoms with Crippen molar-refractivity contribution in [1.29, 1.82) is 0 Å². The molecule has 1 aliphatic rings. The molecule has 0 radical (unpaired) electrons. The van der Waals surface area contributed by atoms with Gasteiger partial charge in [-0.15, -0.1) is 0 Å². The van der Waals surface area contributed by atoms with Crippen molar-refractivity contribution in [1.82, 2.24) is 0 Å². The molecule has 3 aromatic rings. The van der Waals surface area contributed by atoms with Gasteiger partial charge in [0, 0.05) is 22.1 Å². The van der Waals surface area contributed by atoms with Crippen LogP contribution in [0.4, 0.5) is 0 Å². The monoisotopic (exact) mass is 346 g/mol. The number of benzene rings is 3. The van der Waals surface area contributed by atoms with Gasteiger partial charge in [-0.1, -0.05) is 24.3 Å². The summed E-state index contributed by atoms with van der Waals surface area (Å²) in [5.41, 5.74) is 2.81. The molecular formula is C21H14O5. The molecule has 3 aromatic carbocycles. The molecule has 0 unspecified atom stereocenters. The Balaban J connectivity index is 2.26. The van der Waals surface area contributed by atoms with E-state index in [1.165, 1.54) is 14.2 Å². The van der Waals surface area contributed by atoms with Crippen LogP contribution in [0.5, 0.6) is 5.75 Å². The third-order valence-corrected chi connectivity index (χ3v) is 4.73. The molecule has 0 amide bonds. The Morgan fingerprint density at radius 2 is 1.77 bits per heavy atom. The average Bonchev–Trinajstić information content (AvgIpc) is 2.69. The Hall–Kier alpha value is -3.47. The molecular weight excluding hydrogens is 332 g/mol. The highest BCUT2D eigenvalue weighted by molar-refractivity contribution is 6.30. The molecule has 5 heteroatoms. The van der Waals surface area contributed by atoms with Gasteiger partial charge in [-0.25, -0.2) is 4.79 Å². The number of ketones is 1. The van der Waals surface area contributed by atoms with Crippen LogP contribution in [0.25, 0.3) is 21.9 Å². The van der Waals surface area contributed by atoms with Gasteiger partial charge < -0.3 is 9.47 Å². The van der Waals surface area contributed by atoms with E-state index in [-0.39, 0.29) is 5.78 Å². The number of carbonyl (C=O) groups is 3. The standard InChI is InChI=1S/C21H14O5/c1-25-16-5-3-4-13-18-15(21(24)26-2)9-8-12-11(10-22)6-7-14(17(12)18)20(23)19(13)16/h3-10H,1-2H3. The van der Waals surface area contributed by atoms with Crippen LogP contribution in [-0.2, 0) is 4.74 Å². The first kappa shape index (κ1) is 16.0. The van der Waals surface area contributed by atoms with E-state index in [0.717, 1.165) is 6.29 Å². The Kier molecular flexibility index (Phi) is 3.58. The molecule has 0 saturated carbocycles. The summed E-state index contributed by atoms with van der Waals surface area (Å²) in [7, 11) is 2.80. The molecule has 128 valence electrons. The molecule has 0 fully saturated rings. The van der Waals surface area contributed by atoms with E-state index < -0.39 is 5.97 Å². The maximum Gasteiger partial charge on any atom is 0.338 e. The second-order valence-electron chi connectivity index (χ2n) is 5.93. The first-order valence-electron chi connectivity index (χ1n) is 7.97. The number of esters is 1. The van der Waals surface area contributed by atoms with Crippen LogP contribution in [-0.4, -0.2) is 32.3 Å². The van der Waals surface area contributed by atoms with Crippen molar-refractivity contribution >= 4 is 28.8 Å². The van der Waals surface area contributed by atoms with E-state index in [9.17, 15) is 14.4 Å². The van der Waals surface area contributed by atoms with Crippen LogP contribution in [0, 0.1) is 0 Å². The third-order valence-electron chi connectivity index (χ3n) is 4.73. The third kappa shape index (κ3) is 2.00. The van der Waals surface area contributed by atoms with Gasteiger partial charge in [-0.05, 0) is 29.1 Å². The quantitative estimate of drug-likeness (QED) is 0.418. The van der Waals surface area contributed by atoms with Gasteiger partial charge in [-0.3, -0.25) is 9.59 Å². The highest BCUT2D eigenvalue weighted by Crippen LogP contribution is 2.45. The second kappa shape index (κ2) is 5.81. The summed E-state index contributed by atoms with van der Waals surface area (Å²) in [6.07, 6.45) is 0.742. The zero-order chi connectivity index (χ0) is 18.4. The van der Waals surface area contributed by atoms with Crippen LogP contribution in [0.15, 0.2) is 42.5 Å². The maximum absolute atomic E-state index is 13.1. The fourth-order valence-electron chi connectivity index (χ4n) is 3.60. The number of ether oxygens (including phenoxy) is 2. The van der Waals surface area contributed by atoms with Crippen molar-refractivity contribution in [2.24, 2.45) is 0 Å².